The van der Waals surface area contributed by atoms with Crippen molar-refractivity contribution in [2.75, 3.05) is 0 Å². The van der Waals surface area contributed by atoms with E-state index in [0.29, 0.717) is 5.82 Å². The molecule has 29 heavy (non-hydrogen) atoms. The molecule has 1 N–H and O–H groups in total. The van der Waals surface area contributed by atoms with Crippen LogP contribution in [0.3, 0.4) is 0 Å². The van der Waals surface area contributed by atoms with Crippen molar-refractivity contribution in [1.82, 2.24) is 9.55 Å². The van der Waals surface area contributed by atoms with Crippen molar-refractivity contribution in [3.63, 3.8) is 0 Å². The number of aromatic nitrogens is 2. The van der Waals surface area contributed by atoms with Gasteiger partial charge in [0.15, 0.2) is 11.4 Å². The first-order valence-electron chi connectivity index (χ1n) is 10.1. The molecule has 3 aromatic rings. The Bertz CT molecular complexity index is 923. The van der Waals surface area contributed by atoms with Gasteiger partial charge < -0.3 is 9.67 Å². The Morgan fingerprint density at radius 2 is 1.14 bits per heavy atom. The summed E-state index contributed by atoms with van der Waals surface area (Å²) in [6.45, 7) is 17.0. The van der Waals surface area contributed by atoms with Crippen LogP contribution in [0.4, 0.5) is 0 Å². The summed E-state index contributed by atoms with van der Waals surface area (Å²) < 4.78 is 1.77. The molecule has 0 saturated carbocycles. The van der Waals surface area contributed by atoms with Crippen molar-refractivity contribution in [3.05, 3.63) is 95.6 Å². The van der Waals surface area contributed by atoms with Crippen molar-refractivity contribution >= 4 is 6.20 Å². The molecule has 0 spiro atoms. The number of imidazole rings is 1. The van der Waals surface area contributed by atoms with Crippen LogP contribution in [0.2, 0.25) is 0 Å². The minimum Gasteiger partial charge on any atom is -0.373 e. The van der Waals surface area contributed by atoms with Gasteiger partial charge in [-0.1, -0.05) is 96.7 Å². The molecule has 0 unspecified atom stereocenters. The van der Waals surface area contributed by atoms with E-state index in [-0.39, 0.29) is 10.8 Å². The zero-order chi connectivity index (χ0) is 21.4. The highest BCUT2D eigenvalue weighted by Crippen LogP contribution is 2.38. The fraction of sp³-hybridized carbons (Fsp3) is 0.346. The highest BCUT2D eigenvalue weighted by molar-refractivity contribution is 5.47. The van der Waals surface area contributed by atoms with Crippen LogP contribution in [0.25, 0.3) is 6.20 Å². The van der Waals surface area contributed by atoms with Gasteiger partial charge in [-0.3, -0.25) is 0 Å². The summed E-state index contributed by atoms with van der Waals surface area (Å²) in [5, 5.41) is 12.1. The molecule has 3 nitrogen and oxygen atoms in total. The molecule has 0 atom stereocenters. The van der Waals surface area contributed by atoms with Crippen molar-refractivity contribution < 1.29 is 5.11 Å². The number of aliphatic hydroxyl groups is 1. The normalized spacial score (nSPS) is 12.8. The van der Waals surface area contributed by atoms with E-state index >= 15 is 0 Å². The van der Waals surface area contributed by atoms with Crippen LogP contribution >= 0.6 is 0 Å². The lowest BCUT2D eigenvalue weighted by molar-refractivity contribution is 0.114. The molecule has 2 aromatic carbocycles. The van der Waals surface area contributed by atoms with Crippen molar-refractivity contribution in [3.8, 4) is 0 Å². The smallest absolute Gasteiger partial charge is 0.173 e. The number of hydrogen-bond donors (Lipinski definition) is 1. The largest absolute Gasteiger partial charge is 0.373 e. The average molecular weight is 389 g/mol. The molecule has 0 aliphatic carbocycles. The summed E-state index contributed by atoms with van der Waals surface area (Å²) in [5.74, 6) is 0.527. The molecule has 1 aromatic heterocycles. The molecule has 0 aliphatic rings. The van der Waals surface area contributed by atoms with Crippen LogP contribution in [0.5, 0.6) is 0 Å². The summed E-state index contributed by atoms with van der Waals surface area (Å²) in [7, 11) is 0. The first-order valence-corrected chi connectivity index (χ1v) is 10.1. The van der Waals surface area contributed by atoms with Gasteiger partial charge in [-0.05, 0) is 33.1 Å². The zero-order valence-corrected chi connectivity index (χ0v) is 18.4. The van der Waals surface area contributed by atoms with Crippen LogP contribution < -0.4 is 0 Å². The Labute approximate surface area is 174 Å². The summed E-state index contributed by atoms with van der Waals surface area (Å²) >= 11 is 0. The maximum Gasteiger partial charge on any atom is 0.173 e. The van der Waals surface area contributed by atoms with Gasteiger partial charge in [-0.2, -0.15) is 0 Å². The summed E-state index contributed by atoms with van der Waals surface area (Å²) in [6.07, 6.45) is 5.16. The average Bonchev–Trinajstić information content (AvgIpc) is 3.15. The second-order valence-corrected chi connectivity index (χ2v) is 9.71. The predicted molar refractivity (Wildman–Crippen MR) is 121 cm³/mol. The highest BCUT2D eigenvalue weighted by atomic mass is 16.3. The minimum absolute atomic E-state index is 0.0462. The van der Waals surface area contributed by atoms with Gasteiger partial charge in [0.1, 0.15) is 0 Å². The zero-order valence-electron chi connectivity index (χ0n) is 18.4. The second kappa shape index (κ2) is 7.31. The lowest BCUT2D eigenvalue weighted by Crippen LogP contribution is -2.32. The van der Waals surface area contributed by atoms with E-state index in [1.807, 2.05) is 24.3 Å². The molecule has 3 heteroatoms. The van der Waals surface area contributed by atoms with Crippen LogP contribution in [0, 0.1) is 0 Å². The second-order valence-electron chi connectivity index (χ2n) is 9.71. The van der Waals surface area contributed by atoms with Gasteiger partial charge in [0.2, 0.25) is 0 Å². The van der Waals surface area contributed by atoms with E-state index in [1.54, 1.807) is 23.2 Å². The third kappa shape index (κ3) is 3.92. The standard InChI is InChI=1S/C26H32N2O/c1-8-28-18-17-27-23(28)26(29,21-13-9-19(10-14-21)24(2,3)4)22-15-11-20(12-16-22)25(5,6)7/h8-18,29H,1H2,2-7H3. The van der Waals surface area contributed by atoms with Gasteiger partial charge in [0, 0.05) is 18.6 Å². The Balaban J connectivity index is 2.19. The molecule has 0 fully saturated rings. The number of benzene rings is 2. The summed E-state index contributed by atoms with van der Waals surface area (Å²) in [4.78, 5) is 4.50. The lowest BCUT2D eigenvalue weighted by Gasteiger charge is -2.30. The number of hydrogen-bond acceptors (Lipinski definition) is 2. The van der Waals surface area contributed by atoms with Crippen LogP contribution in [0.1, 0.15) is 69.6 Å². The lowest BCUT2D eigenvalue weighted by atomic mass is 9.80. The van der Waals surface area contributed by atoms with Crippen molar-refractivity contribution in [1.29, 1.82) is 0 Å². The van der Waals surface area contributed by atoms with E-state index in [1.165, 1.54) is 11.1 Å². The van der Waals surface area contributed by atoms with Gasteiger partial charge in [-0.25, -0.2) is 4.98 Å². The van der Waals surface area contributed by atoms with Crippen LogP contribution in [-0.4, -0.2) is 14.7 Å². The predicted octanol–water partition coefficient (Wildman–Crippen LogP) is 5.86. The van der Waals surface area contributed by atoms with Gasteiger partial charge in [0.05, 0.1) is 0 Å². The SMILES string of the molecule is C=Cn1ccnc1C(O)(c1ccc(C(C)(C)C)cc1)c1ccc(C(C)(C)C)cc1. The maximum absolute atomic E-state index is 12.1. The minimum atomic E-state index is -1.38. The Hall–Kier alpha value is -2.65. The Morgan fingerprint density at radius 3 is 1.48 bits per heavy atom. The van der Waals surface area contributed by atoms with Crippen molar-refractivity contribution in [2.24, 2.45) is 0 Å². The first-order chi connectivity index (χ1) is 13.5. The molecule has 0 aliphatic heterocycles. The quantitative estimate of drug-likeness (QED) is 0.607. The molecule has 152 valence electrons. The topological polar surface area (TPSA) is 38.0 Å². The molecule has 0 radical (unpaired) electrons. The summed E-state index contributed by atoms with van der Waals surface area (Å²) in [5.41, 5.74) is 2.71. The third-order valence-corrected chi connectivity index (χ3v) is 5.53. The molecule has 1 heterocycles. The van der Waals surface area contributed by atoms with Crippen LogP contribution in [0.15, 0.2) is 67.5 Å². The monoisotopic (exact) mass is 388 g/mol. The fourth-order valence-electron chi connectivity index (χ4n) is 3.59. The number of rotatable bonds is 4. The first kappa shape index (κ1) is 21.1. The molecule has 3 rings (SSSR count). The molecule has 0 saturated heterocycles. The Morgan fingerprint density at radius 1 is 0.759 bits per heavy atom. The van der Waals surface area contributed by atoms with E-state index in [2.05, 4.69) is 77.4 Å². The van der Waals surface area contributed by atoms with Gasteiger partial charge in [-0.15, -0.1) is 0 Å². The van der Waals surface area contributed by atoms with Crippen LogP contribution in [-0.2, 0) is 16.4 Å². The summed E-state index contributed by atoms with van der Waals surface area (Å²) in [6, 6.07) is 16.4. The van der Waals surface area contributed by atoms with Gasteiger partial charge >= 0.3 is 0 Å². The fourth-order valence-corrected chi connectivity index (χ4v) is 3.59. The van der Waals surface area contributed by atoms with Gasteiger partial charge in [0.25, 0.3) is 0 Å². The van der Waals surface area contributed by atoms with E-state index < -0.39 is 5.60 Å². The third-order valence-electron chi connectivity index (χ3n) is 5.53. The highest BCUT2D eigenvalue weighted by Gasteiger charge is 2.38. The molecule has 0 amide bonds. The van der Waals surface area contributed by atoms with E-state index in [4.69, 9.17) is 0 Å². The van der Waals surface area contributed by atoms with E-state index in [9.17, 15) is 5.11 Å². The maximum atomic E-state index is 12.1. The molecule has 0 bridgehead atoms. The Kier molecular flexibility index (Phi) is 5.31. The van der Waals surface area contributed by atoms with Crippen molar-refractivity contribution in [2.45, 2.75) is 58.0 Å². The molecular formula is C26H32N2O. The van der Waals surface area contributed by atoms with E-state index in [0.717, 1.165) is 11.1 Å². The molecular weight excluding hydrogens is 356 g/mol. The number of nitrogens with zero attached hydrogens (tertiary/aromatic N) is 2.